The first-order valence-corrected chi connectivity index (χ1v) is 5.56. The molecule has 0 bridgehead atoms. The Morgan fingerprint density at radius 2 is 2.06 bits per heavy atom. The first kappa shape index (κ1) is 11.5. The maximum atomic E-state index is 5.69. The summed E-state index contributed by atoms with van der Waals surface area (Å²) in [5, 5.41) is 8.18. The second-order valence-electron chi connectivity index (χ2n) is 3.93. The molecule has 4 nitrogen and oxygen atoms in total. The van der Waals surface area contributed by atoms with Crippen LogP contribution in [-0.4, -0.2) is 15.0 Å². The van der Waals surface area contributed by atoms with Crippen LogP contribution in [0.5, 0.6) is 0 Å². The molecule has 4 heteroatoms. The fourth-order valence-electron chi connectivity index (χ4n) is 1.76. The summed E-state index contributed by atoms with van der Waals surface area (Å²) in [5.74, 6) is 0. The summed E-state index contributed by atoms with van der Waals surface area (Å²) in [6.45, 7) is 6.81. The summed E-state index contributed by atoms with van der Waals surface area (Å²) in [6.07, 6.45) is 1.80. The van der Waals surface area contributed by atoms with Gasteiger partial charge in [-0.1, -0.05) is 41.1 Å². The smallest absolute Gasteiger partial charge is 0.104 e. The summed E-state index contributed by atoms with van der Waals surface area (Å²) in [4.78, 5) is 0. The summed E-state index contributed by atoms with van der Waals surface area (Å²) in [6, 6.07) is 8.27. The summed E-state index contributed by atoms with van der Waals surface area (Å²) in [5.41, 5.74) is 9.79. The number of nitrogens with two attached hydrogens (primary N) is 1. The van der Waals surface area contributed by atoms with Crippen LogP contribution in [0.1, 0.15) is 11.3 Å². The van der Waals surface area contributed by atoms with Gasteiger partial charge in [0.15, 0.2) is 0 Å². The Labute approximate surface area is 101 Å². The van der Waals surface area contributed by atoms with Crippen molar-refractivity contribution in [2.45, 2.75) is 20.0 Å². The molecule has 0 unspecified atom stereocenters. The third-order valence-corrected chi connectivity index (χ3v) is 2.63. The third-order valence-electron chi connectivity index (χ3n) is 2.63. The molecule has 0 amide bonds. The van der Waals surface area contributed by atoms with Crippen molar-refractivity contribution in [3.05, 3.63) is 48.2 Å². The highest BCUT2D eigenvalue weighted by molar-refractivity contribution is 5.62. The van der Waals surface area contributed by atoms with Crippen molar-refractivity contribution >= 4 is 0 Å². The lowest BCUT2D eigenvalue weighted by Crippen LogP contribution is -2.03. The second kappa shape index (κ2) is 4.93. The van der Waals surface area contributed by atoms with Gasteiger partial charge in [0.05, 0.1) is 12.2 Å². The zero-order valence-corrected chi connectivity index (χ0v) is 9.93. The van der Waals surface area contributed by atoms with E-state index < -0.39 is 0 Å². The van der Waals surface area contributed by atoms with E-state index in [9.17, 15) is 0 Å². The van der Waals surface area contributed by atoms with Crippen LogP contribution in [-0.2, 0) is 13.1 Å². The first-order valence-electron chi connectivity index (χ1n) is 5.56. The molecule has 1 heterocycles. The molecule has 1 aromatic carbocycles. The van der Waals surface area contributed by atoms with E-state index in [1.165, 1.54) is 5.56 Å². The van der Waals surface area contributed by atoms with Gasteiger partial charge in [-0.25, -0.2) is 4.68 Å². The minimum Gasteiger partial charge on any atom is -0.325 e. The lowest BCUT2D eigenvalue weighted by atomic mass is 10.1. The lowest BCUT2D eigenvalue weighted by molar-refractivity contribution is 0.667. The quantitative estimate of drug-likeness (QED) is 0.813. The molecule has 2 N–H and O–H groups in total. The van der Waals surface area contributed by atoms with Crippen molar-refractivity contribution in [3.63, 3.8) is 0 Å². The van der Waals surface area contributed by atoms with E-state index in [2.05, 4.69) is 48.1 Å². The number of allylic oxidation sites excluding steroid dienone is 1. The molecule has 0 aliphatic heterocycles. The number of hydrogen-bond donors (Lipinski definition) is 1. The molecule has 0 aliphatic rings. The van der Waals surface area contributed by atoms with Crippen molar-refractivity contribution < 1.29 is 0 Å². The van der Waals surface area contributed by atoms with Gasteiger partial charge in [0.2, 0.25) is 0 Å². The zero-order chi connectivity index (χ0) is 12.3. The van der Waals surface area contributed by atoms with E-state index in [-0.39, 0.29) is 0 Å². The van der Waals surface area contributed by atoms with E-state index in [1.807, 2.05) is 4.68 Å². The minimum absolute atomic E-state index is 0.389. The van der Waals surface area contributed by atoms with Crippen molar-refractivity contribution in [2.75, 3.05) is 0 Å². The zero-order valence-electron chi connectivity index (χ0n) is 9.93. The Kier molecular flexibility index (Phi) is 3.35. The molecular weight excluding hydrogens is 212 g/mol. The van der Waals surface area contributed by atoms with Crippen LogP contribution in [0.2, 0.25) is 0 Å². The van der Waals surface area contributed by atoms with E-state index >= 15 is 0 Å². The molecule has 0 fully saturated rings. The van der Waals surface area contributed by atoms with Crippen LogP contribution in [0.15, 0.2) is 36.9 Å². The minimum atomic E-state index is 0.389. The standard InChI is InChI=1S/C13H16N4/c1-3-8-17-13(12(9-14)15-16-17)11-6-4-10(2)5-7-11/h3-7H,1,8-9,14H2,2H3. The van der Waals surface area contributed by atoms with Crippen LogP contribution < -0.4 is 5.73 Å². The number of hydrogen-bond acceptors (Lipinski definition) is 3. The Morgan fingerprint density at radius 3 is 2.65 bits per heavy atom. The molecular formula is C13H16N4. The van der Waals surface area contributed by atoms with Gasteiger partial charge >= 0.3 is 0 Å². The molecule has 0 aliphatic carbocycles. The maximum Gasteiger partial charge on any atom is 0.104 e. The summed E-state index contributed by atoms with van der Waals surface area (Å²) >= 11 is 0. The van der Waals surface area contributed by atoms with E-state index in [0.717, 1.165) is 17.0 Å². The SMILES string of the molecule is C=CCn1nnc(CN)c1-c1ccc(C)cc1. The van der Waals surface area contributed by atoms with Crippen LogP contribution in [0, 0.1) is 6.92 Å². The Bertz CT molecular complexity index is 511. The number of benzene rings is 1. The number of rotatable bonds is 4. The van der Waals surface area contributed by atoms with Crippen molar-refractivity contribution in [3.8, 4) is 11.3 Å². The van der Waals surface area contributed by atoms with Crippen LogP contribution in [0.4, 0.5) is 0 Å². The number of aryl methyl sites for hydroxylation is 1. The molecule has 1 aromatic heterocycles. The predicted molar refractivity (Wildman–Crippen MR) is 68.3 cm³/mol. The lowest BCUT2D eigenvalue weighted by Gasteiger charge is -2.06. The fraction of sp³-hybridized carbons (Fsp3) is 0.231. The molecule has 2 aromatic rings. The average Bonchev–Trinajstić information content (AvgIpc) is 2.74. The van der Waals surface area contributed by atoms with E-state index in [0.29, 0.717) is 13.1 Å². The van der Waals surface area contributed by atoms with Crippen LogP contribution >= 0.6 is 0 Å². The Balaban J connectivity index is 2.51. The van der Waals surface area contributed by atoms with Gasteiger partial charge in [-0.2, -0.15) is 0 Å². The highest BCUT2D eigenvalue weighted by Crippen LogP contribution is 2.22. The van der Waals surface area contributed by atoms with Gasteiger partial charge in [0.25, 0.3) is 0 Å². The van der Waals surface area contributed by atoms with Gasteiger partial charge in [0.1, 0.15) is 5.69 Å². The Morgan fingerprint density at radius 1 is 1.35 bits per heavy atom. The van der Waals surface area contributed by atoms with Crippen LogP contribution in [0.25, 0.3) is 11.3 Å². The van der Waals surface area contributed by atoms with E-state index in [4.69, 9.17) is 5.73 Å². The fourth-order valence-corrected chi connectivity index (χ4v) is 1.76. The highest BCUT2D eigenvalue weighted by Gasteiger charge is 2.12. The molecule has 0 atom stereocenters. The molecule has 0 spiro atoms. The first-order chi connectivity index (χ1) is 8.26. The van der Waals surface area contributed by atoms with Crippen LogP contribution in [0.3, 0.4) is 0 Å². The number of nitrogens with zero attached hydrogens (tertiary/aromatic N) is 3. The van der Waals surface area contributed by atoms with Gasteiger partial charge in [0, 0.05) is 12.1 Å². The average molecular weight is 228 g/mol. The normalized spacial score (nSPS) is 10.5. The van der Waals surface area contributed by atoms with Gasteiger partial charge in [-0.3, -0.25) is 0 Å². The van der Waals surface area contributed by atoms with Crippen molar-refractivity contribution in [1.29, 1.82) is 0 Å². The predicted octanol–water partition coefficient (Wildman–Crippen LogP) is 1.90. The molecule has 88 valence electrons. The number of aromatic nitrogens is 3. The van der Waals surface area contributed by atoms with Gasteiger partial charge < -0.3 is 5.73 Å². The molecule has 0 saturated carbocycles. The third kappa shape index (κ3) is 2.26. The highest BCUT2D eigenvalue weighted by atomic mass is 15.4. The molecule has 0 radical (unpaired) electrons. The topological polar surface area (TPSA) is 56.7 Å². The van der Waals surface area contributed by atoms with Crippen molar-refractivity contribution in [1.82, 2.24) is 15.0 Å². The Hall–Kier alpha value is -1.94. The summed E-state index contributed by atoms with van der Waals surface area (Å²) < 4.78 is 1.82. The summed E-state index contributed by atoms with van der Waals surface area (Å²) in [7, 11) is 0. The molecule has 17 heavy (non-hydrogen) atoms. The largest absolute Gasteiger partial charge is 0.325 e. The molecule has 2 rings (SSSR count). The second-order valence-corrected chi connectivity index (χ2v) is 3.93. The monoisotopic (exact) mass is 228 g/mol. The molecule has 0 saturated heterocycles. The maximum absolute atomic E-state index is 5.69. The van der Waals surface area contributed by atoms with Gasteiger partial charge in [-0.15, -0.1) is 11.7 Å². The van der Waals surface area contributed by atoms with E-state index in [1.54, 1.807) is 6.08 Å². The van der Waals surface area contributed by atoms with Gasteiger partial charge in [-0.05, 0) is 6.92 Å². The van der Waals surface area contributed by atoms with Crippen molar-refractivity contribution in [2.24, 2.45) is 5.73 Å².